The largest absolute Gasteiger partial charge is 0.497 e. The van der Waals surface area contributed by atoms with Gasteiger partial charge < -0.3 is 19.7 Å². The molecule has 2 amide bonds. The number of nitrogens with zero attached hydrogens (tertiary/aromatic N) is 1. The van der Waals surface area contributed by atoms with Gasteiger partial charge in [-0.1, -0.05) is 12.1 Å². The van der Waals surface area contributed by atoms with Crippen LogP contribution in [0.25, 0.3) is 11.1 Å². The van der Waals surface area contributed by atoms with Crippen LogP contribution in [0.4, 0.5) is 14.5 Å². The van der Waals surface area contributed by atoms with Crippen molar-refractivity contribution in [1.29, 1.82) is 0 Å². The van der Waals surface area contributed by atoms with Gasteiger partial charge in [-0.2, -0.15) is 8.78 Å². The van der Waals surface area contributed by atoms with Crippen molar-refractivity contribution in [2.75, 3.05) is 19.0 Å². The van der Waals surface area contributed by atoms with Gasteiger partial charge in [-0.3, -0.25) is 9.59 Å². The maximum atomic E-state index is 12.8. The van der Waals surface area contributed by atoms with Gasteiger partial charge in [0, 0.05) is 30.3 Å². The monoisotopic (exact) mass is 416 g/mol. The second-order valence-corrected chi connectivity index (χ2v) is 7.49. The van der Waals surface area contributed by atoms with Gasteiger partial charge in [-0.05, 0) is 48.7 Å². The van der Waals surface area contributed by atoms with Crippen LogP contribution in [0.3, 0.4) is 0 Å². The number of methoxy groups -OCH3 is 1. The number of alkyl halides is 2. The van der Waals surface area contributed by atoms with Crippen LogP contribution < -0.4 is 14.8 Å². The van der Waals surface area contributed by atoms with Crippen molar-refractivity contribution >= 4 is 17.5 Å². The Balaban J connectivity index is 1.54. The van der Waals surface area contributed by atoms with E-state index in [4.69, 9.17) is 4.74 Å². The molecule has 2 fully saturated rings. The lowest BCUT2D eigenvalue weighted by Gasteiger charge is -2.16. The van der Waals surface area contributed by atoms with Gasteiger partial charge in [-0.25, -0.2) is 0 Å². The molecule has 8 heteroatoms. The zero-order chi connectivity index (χ0) is 21.3. The SMILES string of the molecule is COc1ccc(-c2cc(NC(=O)[C@H]3CC(=O)N(C4CC4)C3)ccc2OC(F)F)cc1. The highest BCUT2D eigenvalue weighted by Crippen LogP contribution is 2.36. The molecule has 1 saturated carbocycles. The summed E-state index contributed by atoms with van der Waals surface area (Å²) in [6.07, 6.45) is 2.19. The third-order valence-corrected chi connectivity index (χ3v) is 5.38. The number of rotatable bonds is 7. The Hall–Kier alpha value is -3.16. The number of amides is 2. The Morgan fingerprint density at radius 3 is 2.53 bits per heavy atom. The van der Waals surface area contributed by atoms with Crippen molar-refractivity contribution in [2.24, 2.45) is 5.92 Å². The van der Waals surface area contributed by atoms with Crippen LogP contribution >= 0.6 is 0 Å². The molecule has 0 spiro atoms. The van der Waals surface area contributed by atoms with E-state index >= 15 is 0 Å². The minimum atomic E-state index is -2.97. The van der Waals surface area contributed by atoms with E-state index < -0.39 is 12.5 Å². The minimum Gasteiger partial charge on any atom is -0.497 e. The zero-order valence-electron chi connectivity index (χ0n) is 16.4. The molecule has 1 heterocycles. The number of likely N-dealkylation sites (tertiary alicyclic amines) is 1. The zero-order valence-corrected chi connectivity index (χ0v) is 16.4. The van der Waals surface area contributed by atoms with Gasteiger partial charge in [0.25, 0.3) is 0 Å². The summed E-state index contributed by atoms with van der Waals surface area (Å²) in [5, 5.41) is 2.81. The molecule has 2 aromatic carbocycles. The third-order valence-electron chi connectivity index (χ3n) is 5.38. The normalized spacial score (nSPS) is 18.6. The number of anilines is 1. The van der Waals surface area contributed by atoms with Gasteiger partial charge in [0.15, 0.2) is 0 Å². The summed E-state index contributed by atoms with van der Waals surface area (Å²) in [4.78, 5) is 26.6. The van der Waals surface area contributed by atoms with Crippen LogP contribution in [0, 0.1) is 5.92 Å². The number of carbonyl (C=O) groups is 2. The van der Waals surface area contributed by atoms with E-state index in [1.807, 2.05) is 0 Å². The summed E-state index contributed by atoms with van der Waals surface area (Å²) in [6.45, 7) is -2.55. The second-order valence-electron chi connectivity index (χ2n) is 7.49. The molecule has 2 aliphatic rings. The molecule has 4 rings (SSSR count). The summed E-state index contributed by atoms with van der Waals surface area (Å²) in [5.41, 5.74) is 1.50. The van der Waals surface area contributed by atoms with Crippen LogP contribution in [0.15, 0.2) is 42.5 Å². The molecule has 158 valence electrons. The highest BCUT2D eigenvalue weighted by Gasteiger charge is 2.41. The fourth-order valence-electron chi connectivity index (χ4n) is 3.69. The molecule has 0 unspecified atom stereocenters. The Bertz CT molecular complexity index is 945. The molecule has 30 heavy (non-hydrogen) atoms. The highest BCUT2D eigenvalue weighted by atomic mass is 19.3. The third kappa shape index (κ3) is 4.37. The van der Waals surface area contributed by atoms with E-state index in [-0.39, 0.29) is 30.0 Å². The van der Waals surface area contributed by atoms with Crippen molar-refractivity contribution in [1.82, 2.24) is 4.90 Å². The van der Waals surface area contributed by atoms with Gasteiger partial charge in [0.1, 0.15) is 11.5 Å². The van der Waals surface area contributed by atoms with Crippen molar-refractivity contribution < 1.29 is 27.8 Å². The Kier molecular flexibility index (Phi) is 5.57. The molecular formula is C22H22F2N2O4. The number of benzene rings is 2. The summed E-state index contributed by atoms with van der Waals surface area (Å²) < 4.78 is 35.5. The van der Waals surface area contributed by atoms with Gasteiger partial charge >= 0.3 is 6.61 Å². The van der Waals surface area contributed by atoms with Gasteiger partial charge in [0.2, 0.25) is 11.8 Å². The smallest absolute Gasteiger partial charge is 0.387 e. The van der Waals surface area contributed by atoms with Crippen LogP contribution in [-0.4, -0.2) is 43.0 Å². The molecule has 1 N–H and O–H groups in total. The topological polar surface area (TPSA) is 67.9 Å². The number of ether oxygens (including phenoxy) is 2. The standard InChI is InChI=1S/C22H22F2N2O4/c1-29-17-7-2-13(3-8-17)18-11-15(4-9-19(18)30-22(23)24)25-21(28)14-10-20(27)26(12-14)16-5-6-16/h2-4,7-9,11,14,16,22H,5-6,10,12H2,1H3,(H,25,28)/t14-/m0/s1. The molecule has 1 saturated heterocycles. The Morgan fingerprint density at radius 1 is 1.17 bits per heavy atom. The molecular weight excluding hydrogens is 394 g/mol. The lowest BCUT2D eigenvalue weighted by atomic mass is 10.0. The number of hydrogen-bond donors (Lipinski definition) is 1. The lowest BCUT2D eigenvalue weighted by molar-refractivity contribution is -0.128. The second kappa shape index (κ2) is 8.30. The summed E-state index contributed by atoms with van der Waals surface area (Å²) in [7, 11) is 1.54. The summed E-state index contributed by atoms with van der Waals surface area (Å²) in [6, 6.07) is 11.7. The van der Waals surface area contributed by atoms with Crippen LogP contribution in [0.5, 0.6) is 11.5 Å². The average molecular weight is 416 g/mol. The van der Waals surface area contributed by atoms with Gasteiger partial charge in [-0.15, -0.1) is 0 Å². The summed E-state index contributed by atoms with van der Waals surface area (Å²) in [5.74, 6) is -0.0266. The van der Waals surface area contributed by atoms with E-state index in [0.29, 0.717) is 29.1 Å². The van der Waals surface area contributed by atoms with E-state index in [0.717, 1.165) is 12.8 Å². The highest BCUT2D eigenvalue weighted by molar-refractivity contribution is 5.98. The maximum absolute atomic E-state index is 12.8. The predicted octanol–water partition coefficient (Wildman–Crippen LogP) is 3.91. The summed E-state index contributed by atoms with van der Waals surface area (Å²) >= 11 is 0. The number of nitrogens with one attached hydrogen (secondary N) is 1. The fourth-order valence-corrected chi connectivity index (χ4v) is 3.69. The van der Waals surface area contributed by atoms with Gasteiger partial charge in [0.05, 0.1) is 13.0 Å². The van der Waals surface area contributed by atoms with Crippen molar-refractivity contribution in [2.45, 2.75) is 31.9 Å². The molecule has 1 atom stereocenters. The van der Waals surface area contributed by atoms with Crippen LogP contribution in [-0.2, 0) is 9.59 Å². The molecule has 1 aliphatic carbocycles. The molecule has 1 aliphatic heterocycles. The van der Waals surface area contributed by atoms with Crippen LogP contribution in [0.2, 0.25) is 0 Å². The maximum Gasteiger partial charge on any atom is 0.387 e. The van der Waals surface area contributed by atoms with E-state index in [9.17, 15) is 18.4 Å². The predicted molar refractivity (Wildman–Crippen MR) is 107 cm³/mol. The first-order chi connectivity index (χ1) is 14.4. The van der Waals surface area contributed by atoms with E-state index in [1.165, 1.54) is 19.2 Å². The minimum absolute atomic E-state index is 0.00381. The van der Waals surface area contributed by atoms with Crippen LogP contribution in [0.1, 0.15) is 19.3 Å². The molecule has 0 bridgehead atoms. The Labute approximate surface area is 172 Å². The first kappa shape index (κ1) is 20.1. The van der Waals surface area contributed by atoms with E-state index in [2.05, 4.69) is 10.1 Å². The first-order valence-corrected chi connectivity index (χ1v) is 9.78. The number of hydrogen-bond acceptors (Lipinski definition) is 4. The van der Waals surface area contributed by atoms with Crippen molar-refractivity contribution in [3.8, 4) is 22.6 Å². The van der Waals surface area contributed by atoms with E-state index in [1.54, 1.807) is 35.2 Å². The average Bonchev–Trinajstić information content (AvgIpc) is 3.50. The Morgan fingerprint density at radius 2 is 1.90 bits per heavy atom. The van der Waals surface area contributed by atoms with Crippen molar-refractivity contribution in [3.63, 3.8) is 0 Å². The molecule has 0 aromatic heterocycles. The lowest BCUT2D eigenvalue weighted by Crippen LogP contribution is -2.29. The molecule has 2 aromatic rings. The molecule has 6 nitrogen and oxygen atoms in total. The fraction of sp³-hybridized carbons (Fsp3) is 0.364. The number of carbonyl (C=O) groups excluding carboxylic acids is 2. The van der Waals surface area contributed by atoms with Crippen molar-refractivity contribution in [3.05, 3.63) is 42.5 Å². The molecule has 0 radical (unpaired) electrons. The first-order valence-electron chi connectivity index (χ1n) is 9.78. The number of halogens is 2. The quantitative estimate of drug-likeness (QED) is 0.743.